The molecule has 0 aliphatic carbocycles. The molecule has 1 aliphatic rings. The van der Waals surface area contributed by atoms with Crippen molar-refractivity contribution in [3.8, 4) is 0 Å². The van der Waals surface area contributed by atoms with Gasteiger partial charge in [-0.3, -0.25) is 14.6 Å². The van der Waals surface area contributed by atoms with Crippen LogP contribution < -0.4 is 10.6 Å². The molecule has 1 amide bonds. The highest BCUT2D eigenvalue weighted by atomic mass is 127. The molecule has 162 valence electrons. The number of halogens is 2. The first-order valence-electron chi connectivity index (χ1n) is 9.61. The van der Waals surface area contributed by atoms with E-state index < -0.39 is 5.82 Å². The maximum Gasteiger partial charge on any atom is 0.308 e. The number of esters is 1. The number of nitrogens with zero attached hydrogens (tertiary/aromatic N) is 2. The molecule has 1 aromatic rings. The highest BCUT2D eigenvalue weighted by Gasteiger charge is 2.26. The Bertz CT molecular complexity index is 722. The fourth-order valence-electron chi connectivity index (χ4n) is 3.09. The Morgan fingerprint density at radius 1 is 1.28 bits per heavy atom. The zero-order chi connectivity index (χ0) is 20.5. The fraction of sp³-hybridized carbons (Fsp3) is 0.550. The summed E-state index contributed by atoms with van der Waals surface area (Å²) in [6.07, 6.45) is 1.46. The molecule has 29 heavy (non-hydrogen) atoms. The van der Waals surface area contributed by atoms with E-state index in [1.165, 1.54) is 13.2 Å². The van der Waals surface area contributed by atoms with Crippen LogP contribution in [0, 0.1) is 18.7 Å². The lowest BCUT2D eigenvalue weighted by molar-refractivity contribution is -0.146. The highest BCUT2D eigenvalue weighted by molar-refractivity contribution is 14.0. The van der Waals surface area contributed by atoms with Crippen LogP contribution in [0.25, 0.3) is 0 Å². The van der Waals surface area contributed by atoms with Gasteiger partial charge in [0.05, 0.1) is 19.6 Å². The Balaban J connectivity index is 0.00000420. The first-order chi connectivity index (χ1) is 13.5. The van der Waals surface area contributed by atoms with Crippen molar-refractivity contribution in [3.63, 3.8) is 0 Å². The molecule has 0 radical (unpaired) electrons. The summed E-state index contributed by atoms with van der Waals surface area (Å²) in [5.41, 5.74) is 0.802. The summed E-state index contributed by atoms with van der Waals surface area (Å²) in [4.78, 5) is 30.4. The van der Waals surface area contributed by atoms with Gasteiger partial charge in [-0.15, -0.1) is 24.0 Å². The first kappa shape index (κ1) is 25.1. The average Bonchev–Trinajstić information content (AvgIpc) is 2.71. The smallest absolute Gasteiger partial charge is 0.308 e. The van der Waals surface area contributed by atoms with Crippen molar-refractivity contribution in [1.82, 2.24) is 15.5 Å². The van der Waals surface area contributed by atoms with Gasteiger partial charge < -0.3 is 20.3 Å². The SMILES string of the molecule is CCNC(=NCCNC(=O)c1ccc(C)c(F)c1)N1CCC(C(=O)OC)CC1.I. The van der Waals surface area contributed by atoms with Crippen LogP contribution in [0.4, 0.5) is 4.39 Å². The Hall–Kier alpha value is -1.91. The number of ether oxygens (including phenoxy) is 1. The van der Waals surface area contributed by atoms with Crippen LogP contribution in [0.1, 0.15) is 35.7 Å². The molecule has 1 fully saturated rings. The van der Waals surface area contributed by atoms with Crippen molar-refractivity contribution in [2.24, 2.45) is 10.9 Å². The number of hydrogen-bond acceptors (Lipinski definition) is 4. The zero-order valence-electron chi connectivity index (χ0n) is 17.2. The lowest BCUT2D eigenvalue weighted by atomic mass is 9.97. The topological polar surface area (TPSA) is 83.0 Å². The van der Waals surface area contributed by atoms with Crippen molar-refractivity contribution in [2.75, 3.05) is 39.8 Å². The van der Waals surface area contributed by atoms with E-state index in [0.717, 1.165) is 38.4 Å². The monoisotopic (exact) mass is 520 g/mol. The number of carbonyl (C=O) groups is 2. The van der Waals surface area contributed by atoms with Crippen LogP contribution in [-0.4, -0.2) is 62.6 Å². The van der Waals surface area contributed by atoms with Gasteiger partial charge in [0, 0.05) is 31.7 Å². The number of guanidine groups is 1. The summed E-state index contributed by atoms with van der Waals surface area (Å²) in [5, 5.41) is 6.00. The minimum Gasteiger partial charge on any atom is -0.469 e. The molecular formula is C20H30FIN4O3. The number of hydrogen-bond donors (Lipinski definition) is 2. The number of aryl methyl sites for hydroxylation is 1. The summed E-state index contributed by atoms with van der Waals surface area (Å²) in [5.74, 6) is -0.162. The Morgan fingerprint density at radius 2 is 1.97 bits per heavy atom. The molecule has 1 heterocycles. The largest absolute Gasteiger partial charge is 0.469 e. The third-order valence-corrected chi connectivity index (χ3v) is 4.76. The molecule has 1 saturated heterocycles. The summed E-state index contributed by atoms with van der Waals surface area (Å²) in [6.45, 7) is 6.57. The number of benzene rings is 1. The number of likely N-dealkylation sites (tertiary alicyclic amines) is 1. The molecule has 9 heteroatoms. The molecule has 0 saturated carbocycles. The number of carbonyl (C=O) groups excluding carboxylic acids is 2. The van der Waals surface area contributed by atoms with Crippen molar-refractivity contribution in [2.45, 2.75) is 26.7 Å². The summed E-state index contributed by atoms with van der Waals surface area (Å²) in [6, 6.07) is 4.43. The first-order valence-corrected chi connectivity index (χ1v) is 9.61. The van der Waals surface area contributed by atoms with Gasteiger partial charge in [-0.05, 0) is 44.4 Å². The zero-order valence-corrected chi connectivity index (χ0v) is 19.5. The quantitative estimate of drug-likeness (QED) is 0.198. The molecule has 1 aromatic carbocycles. The van der Waals surface area contributed by atoms with Crippen molar-refractivity contribution >= 4 is 41.8 Å². The molecular weight excluding hydrogens is 490 g/mol. The van der Waals surface area contributed by atoms with Crippen molar-refractivity contribution in [1.29, 1.82) is 0 Å². The van der Waals surface area contributed by atoms with E-state index in [-0.39, 0.29) is 41.8 Å². The van der Waals surface area contributed by atoms with Crippen LogP contribution in [0.15, 0.2) is 23.2 Å². The average molecular weight is 520 g/mol. The van der Waals surface area contributed by atoms with Gasteiger partial charge in [0.2, 0.25) is 0 Å². The predicted molar refractivity (Wildman–Crippen MR) is 121 cm³/mol. The van der Waals surface area contributed by atoms with E-state index >= 15 is 0 Å². The van der Waals surface area contributed by atoms with E-state index in [1.807, 2.05) is 6.92 Å². The van der Waals surface area contributed by atoms with E-state index in [9.17, 15) is 14.0 Å². The molecule has 0 bridgehead atoms. The lowest BCUT2D eigenvalue weighted by Crippen LogP contribution is -2.47. The van der Waals surface area contributed by atoms with Crippen LogP contribution in [0.3, 0.4) is 0 Å². The van der Waals surface area contributed by atoms with Crippen LogP contribution >= 0.6 is 24.0 Å². The molecule has 2 rings (SSSR count). The third-order valence-electron chi connectivity index (χ3n) is 4.76. The van der Waals surface area contributed by atoms with E-state index in [1.54, 1.807) is 19.1 Å². The molecule has 0 atom stereocenters. The van der Waals surface area contributed by atoms with E-state index in [4.69, 9.17) is 4.74 Å². The highest BCUT2D eigenvalue weighted by Crippen LogP contribution is 2.18. The molecule has 0 unspecified atom stereocenters. The van der Waals surface area contributed by atoms with Crippen LogP contribution in [-0.2, 0) is 9.53 Å². The van der Waals surface area contributed by atoms with E-state index in [0.29, 0.717) is 24.2 Å². The normalized spacial score (nSPS) is 14.8. The fourth-order valence-corrected chi connectivity index (χ4v) is 3.09. The number of rotatable bonds is 6. The maximum absolute atomic E-state index is 13.6. The van der Waals surface area contributed by atoms with Gasteiger partial charge in [0.25, 0.3) is 5.91 Å². The summed E-state index contributed by atoms with van der Waals surface area (Å²) >= 11 is 0. The number of methoxy groups -OCH3 is 1. The van der Waals surface area contributed by atoms with Gasteiger partial charge >= 0.3 is 5.97 Å². The number of piperidine rings is 1. The minimum atomic E-state index is -0.393. The molecule has 0 aromatic heterocycles. The number of nitrogens with one attached hydrogen (secondary N) is 2. The second-order valence-corrected chi connectivity index (χ2v) is 6.74. The Morgan fingerprint density at radius 3 is 2.55 bits per heavy atom. The summed E-state index contributed by atoms with van der Waals surface area (Å²) < 4.78 is 18.4. The lowest BCUT2D eigenvalue weighted by Gasteiger charge is -2.33. The molecule has 7 nitrogen and oxygen atoms in total. The number of amides is 1. The van der Waals surface area contributed by atoms with Gasteiger partial charge in [0.15, 0.2) is 5.96 Å². The molecule has 1 aliphatic heterocycles. The van der Waals surface area contributed by atoms with Gasteiger partial charge in [-0.1, -0.05) is 6.07 Å². The minimum absolute atomic E-state index is 0. The van der Waals surface area contributed by atoms with Gasteiger partial charge in [-0.25, -0.2) is 4.39 Å². The number of aliphatic imine (C=N–C) groups is 1. The second-order valence-electron chi connectivity index (χ2n) is 6.74. The van der Waals surface area contributed by atoms with Crippen LogP contribution in [0.2, 0.25) is 0 Å². The maximum atomic E-state index is 13.6. The summed E-state index contributed by atoms with van der Waals surface area (Å²) in [7, 11) is 1.42. The standard InChI is InChI=1S/C20H29FN4O3.HI/c1-4-22-20(25-11-7-15(8-12-25)19(27)28-3)24-10-9-23-18(26)16-6-5-14(2)17(21)13-16;/h5-6,13,15H,4,7-12H2,1-3H3,(H,22,24)(H,23,26);1H. The molecule has 2 N–H and O–H groups in total. The van der Waals surface area contributed by atoms with Gasteiger partial charge in [-0.2, -0.15) is 0 Å². The van der Waals surface area contributed by atoms with Crippen LogP contribution in [0.5, 0.6) is 0 Å². The Labute approximate surface area is 188 Å². The van der Waals surface area contributed by atoms with Gasteiger partial charge in [0.1, 0.15) is 5.82 Å². The van der Waals surface area contributed by atoms with Crippen molar-refractivity contribution in [3.05, 3.63) is 35.1 Å². The van der Waals surface area contributed by atoms with E-state index in [2.05, 4.69) is 20.5 Å². The Kier molecular flexibility index (Phi) is 10.9. The molecule has 0 spiro atoms. The second kappa shape index (κ2) is 12.6. The predicted octanol–water partition coefficient (Wildman–Crippen LogP) is 2.33. The third kappa shape index (κ3) is 7.45. The van der Waals surface area contributed by atoms with Crippen molar-refractivity contribution < 1.29 is 18.7 Å².